The Labute approximate surface area is 154 Å². The number of pyridine rings is 1. The molecule has 0 spiro atoms. The summed E-state index contributed by atoms with van der Waals surface area (Å²) in [6.45, 7) is 3.48. The lowest BCUT2D eigenvalue weighted by atomic mass is 10.1. The lowest BCUT2D eigenvalue weighted by molar-refractivity contribution is -0.0123. The Morgan fingerprint density at radius 1 is 1.32 bits per heavy atom. The average molecular weight is 382 g/mol. The van der Waals surface area contributed by atoms with Crippen LogP contribution in [0.1, 0.15) is 6.92 Å². The van der Waals surface area contributed by atoms with Gasteiger partial charge in [0.05, 0.1) is 30.7 Å². The molecule has 1 saturated heterocycles. The van der Waals surface area contributed by atoms with Gasteiger partial charge in [-0.2, -0.15) is 9.97 Å². The van der Waals surface area contributed by atoms with E-state index >= 15 is 0 Å². The zero-order valence-electron chi connectivity index (χ0n) is 13.8. The standard InChI is InChI=1S/C16H17Cl2N5O2/c1-16(24)7-23(5-6-25-8-16)14-10-9-3-4-19-12(17)11(9)22(2)13(10)20-15(18)21-14/h3-4,24H,5-8H2,1-2H3/t16-/m0/s1. The van der Waals surface area contributed by atoms with Crippen LogP contribution >= 0.6 is 23.2 Å². The normalized spacial score (nSPS) is 21.9. The largest absolute Gasteiger partial charge is 0.386 e. The fourth-order valence-electron chi connectivity index (χ4n) is 3.36. The maximum atomic E-state index is 10.5. The molecule has 1 atom stereocenters. The monoisotopic (exact) mass is 381 g/mol. The minimum atomic E-state index is -0.982. The van der Waals surface area contributed by atoms with Crippen LogP contribution in [0.15, 0.2) is 12.3 Å². The zero-order valence-corrected chi connectivity index (χ0v) is 15.3. The first kappa shape index (κ1) is 16.8. The maximum Gasteiger partial charge on any atom is 0.226 e. The van der Waals surface area contributed by atoms with E-state index in [0.29, 0.717) is 36.3 Å². The molecule has 1 fully saturated rings. The van der Waals surface area contributed by atoms with Crippen molar-refractivity contribution < 1.29 is 9.84 Å². The van der Waals surface area contributed by atoms with E-state index in [4.69, 9.17) is 27.9 Å². The topological polar surface area (TPSA) is 76.3 Å². The molecule has 4 heterocycles. The highest BCUT2D eigenvalue weighted by Gasteiger charge is 2.30. The number of anilines is 1. The Hall–Kier alpha value is -1.67. The lowest BCUT2D eigenvalue weighted by Gasteiger charge is -2.28. The number of ether oxygens (including phenoxy) is 1. The minimum Gasteiger partial charge on any atom is -0.386 e. The van der Waals surface area contributed by atoms with Crippen LogP contribution in [0.4, 0.5) is 5.82 Å². The molecular weight excluding hydrogens is 365 g/mol. The van der Waals surface area contributed by atoms with Gasteiger partial charge in [-0.25, -0.2) is 4.98 Å². The second-order valence-electron chi connectivity index (χ2n) is 6.54. The molecule has 0 radical (unpaired) electrons. The van der Waals surface area contributed by atoms with Crippen LogP contribution in [-0.2, 0) is 11.8 Å². The molecule has 4 rings (SSSR count). The molecule has 0 saturated carbocycles. The SMILES string of the molecule is Cn1c2nc(Cl)nc(N3CCOC[C@@](C)(O)C3)c2c2ccnc(Cl)c21. The van der Waals surface area contributed by atoms with Gasteiger partial charge in [0.25, 0.3) is 0 Å². The van der Waals surface area contributed by atoms with Crippen LogP contribution < -0.4 is 4.90 Å². The van der Waals surface area contributed by atoms with Crippen LogP contribution in [0.3, 0.4) is 0 Å². The van der Waals surface area contributed by atoms with E-state index in [1.165, 1.54) is 0 Å². The van der Waals surface area contributed by atoms with Gasteiger partial charge in [0, 0.05) is 25.2 Å². The smallest absolute Gasteiger partial charge is 0.226 e. The summed E-state index contributed by atoms with van der Waals surface area (Å²) in [5, 5.41) is 12.8. The van der Waals surface area contributed by atoms with E-state index in [9.17, 15) is 5.11 Å². The van der Waals surface area contributed by atoms with Crippen molar-refractivity contribution in [3.05, 3.63) is 22.7 Å². The average Bonchev–Trinajstić information content (AvgIpc) is 2.71. The summed E-state index contributed by atoms with van der Waals surface area (Å²) in [7, 11) is 1.87. The molecule has 0 aliphatic carbocycles. The number of aryl methyl sites for hydroxylation is 1. The van der Waals surface area contributed by atoms with Gasteiger partial charge in [0.2, 0.25) is 5.28 Å². The summed E-state index contributed by atoms with van der Waals surface area (Å²) in [6, 6.07) is 1.89. The number of halogens is 2. The summed E-state index contributed by atoms with van der Waals surface area (Å²) in [4.78, 5) is 15.0. The zero-order chi connectivity index (χ0) is 17.8. The fourth-order valence-corrected chi connectivity index (χ4v) is 3.81. The van der Waals surface area contributed by atoms with Gasteiger partial charge >= 0.3 is 0 Å². The van der Waals surface area contributed by atoms with Crippen molar-refractivity contribution in [3.8, 4) is 0 Å². The van der Waals surface area contributed by atoms with Crippen molar-refractivity contribution >= 4 is 51.0 Å². The van der Waals surface area contributed by atoms with Crippen molar-refractivity contribution in [2.24, 2.45) is 7.05 Å². The Bertz CT molecular complexity index is 972. The molecule has 25 heavy (non-hydrogen) atoms. The number of rotatable bonds is 1. The quantitative estimate of drug-likeness (QED) is 0.515. The minimum absolute atomic E-state index is 0.141. The van der Waals surface area contributed by atoms with Crippen molar-refractivity contribution in [1.82, 2.24) is 19.5 Å². The molecule has 0 unspecified atom stereocenters. The third-order valence-corrected chi connectivity index (χ3v) is 4.84. The molecule has 3 aromatic rings. The number of aliphatic hydroxyl groups is 1. The molecule has 1 N–H and O–H groups in total. The molecule has 7 nitrogen and oxygen atoms in total. The fraction of sp³-hybridized carbons (Fsp3) is 0.438. The lowest BCUT2D eigenvalue weighted by Crippen LogP contribution is -2.42. The van der Waals surface area contributed by atoms with Crippen LogP contribution in [0.5, 0.6) is 0 Å². The van der Waals surface area contributed by atoms with Crippen LogP contribution in [-0.4, -0.2) is 56.5 Å². The highest BCUT2D eigenvalue weighted by molar-refractivity contribution is 6.35. The molecule has 9 heteroatoms. The van der Waals surface area contributed by atoms with E-state index in [2.05, 4.69) is 15.0 Å². The van der Waals surface area contributed by atoms with Crippen LogP contribution in [0, 0.1) is 0 Å². The molecule has 0 amide bonds. The van der Waals surface area contributed by atoms with E-state index in [0.717, 1.165) is 16.3 Å². The number of fused-ring (bicyclic) bond motifs is 3. The van der Waals surface area contributed by atoms with Crippen LogP contribution in [0.25, 0.3) is 21.9 Å². The van der Waals surface area contributed by atoms with Gasteiger partial charge in [-0.05, 0) is 24.6 Å². The number of nitrogens with zero attached hydrogens (tertiary/aromatic N) is 5. The van der Waals surface area contributed by atoms with Gasteiger partial charge in [-0.15, -0.1) is 0 Å². The summed E-state index contributed by atoms with van der Waals surface area (Å²) < 4.78 is 7.38. The summed E-state index contributed by atoms with van der Waals surface area (Å²) in [6.07, 6.45) is 1.66. The molecule has 1 aliphatic rings. The number of aromatic nitrogens is 4. The Morgan fingerprint density at radius 3 is 2.92 bits per heavy atom. The van der Waals surface area contributed by atoms with Gasteiger partial charge in [0.15, 0.2) is 5.15 Å². The molecular formula is C16H17Cl2N5O2. The molecule has 0 bridgehead atoms. The van der Waals surface area contributed by atoms with Crippen molar-refractivity contribution in [2.75, 3.05) is 31.2 Å². The summed E-state index contributed by atoms with van der Waals surface area (Å²) in [5.74, 6) is 0.661. The van der Waals surface area contributed by atoms with Crippen molar-refractivity contribution in [3.63, 3.8) is 0 Å². The van der Waals surface area contributed by atoms with E-state index in [1.807, 2.05) is 22.6 Å². The van der Waals surface area contributed by atoms with Gasteiger partial charge in [0.1, 0.15) is 17.1 Å². The third kappa shape index (κ3) is 2.81. The van der Waals surface area contributed by atoms with Gasteiger partial charge in [-0.1, -0.05) is 11.6 Å². The molecule has 3 aromatic heterocycles. The predicted molar refractivity (Wildman–Crippen MR) is 97.5 cm³/mol. The maximum absolute atomic E-state index is 10.5. The summed E-state index contributed by atoms with van der Waals surface area (Å²) >= 11 is 12.5. The number of β-amino-alcohol motifs (C(OH)–C–C–N with tert-alkyl or cyclic N) is 1. The van der Waals surface area contributed by atoms with E-state index in [-0.39, 0.29) is 11.9 Å². The van der Waals surface area contributed by atoms with Gasteiger partial charge in [-0.3, -0.25) is 0 Å². The molecule has 1 aliphatic heterocycles. The van der Waals surface area contributed by atoms with E-state index in [1.54, 1.807) is 13.1 Å². The Balaban J connectivity index is 2.02. The first-order chi connectivity index (χ1) is 11.9. The second kappa shape index (κ2) is 5.95. The van der Waals surface area contributed by atoms with Crippen molar-refractivity contribution in [2.45, 2.75) is 12.5 Å². The Morgan fingerprint density at radius 2 is 2.12 bits per heavy atom. The second-order valence-corrected chi connectivity index (χ2v) is 7.24. The van der Waals surface area contributed by atoms with E-state index < -0.39 is 5.60 Å². The van der Waals surface area contributed by atoms with Crippen LogP contribution in [0.2, 0.25) is 10.4 Å². The molecule has 132 valence electrons. The van der Waals surface area contributed by atoms with Gasteiger partial charge < -0.3 is 19.3 Å². The first-order valence-corrected chi connectivity index (χ1v) is 8.64. The highest BCUT2D eigenvalue weighted by atomic mass is 35.5. The summed E-state index contributed by atoms with van der Waals surface area (Å²) in [5.41, 5.74) is 0.462. The highest BCUT2D eigenvalue weighted by Crippen LogP contribution is 2.37. The molecule has 0 aromatic carbocycles. The van der Waals surface area contributed by atoms with Crippen molar-refractivity contribution in [1.29, 1.82) is 0 Å². The predicted octanol–water partition coefficient (Wildman–Crippen LogP) is 2.41. The third-order valence-electron chi connectivity index (χ3n) is 4.40. The number of hydrogen-bond acceptors (Lipinski definition) is 6. The first-order valence-electron chi connectivity index (χ1n) is 7.88. The number of hydrogen-bond donors (Lipinski definition) is 1. The Kier molecular flexibility index (Phi) is 3.99.